The maximum absolute atomic E-state index is 13.7. The summed E-state index contributed by atoms with van der Waals surface area (Å²) in [5.74, 6) is -1.24. The van der Waals surface area contributed by atoms with Gasteiger partial charge in [-0.15, -0.1) is 5.06 Å². The quantitative estimate of drug-likeness (QED) is 0.339. The lowest BCUT2D eigenvalue weighted by Crippen LogP contribution is -2.55. The predicted octanol–water partition coefficient (Wildman–Crippen LogP) is 2.77. The molecule has 1 aliphatic rings. The van der Waals surface area contributed by atoms with E-state index < -0.39 is 29.7 Å². The minimum absolute atomic E-state index is 0.00402. The smallest absolute Gasteiger partial charge is 0.460 e. The molecule has 0 saturated carbocycles. The van der Waals surface area contributed by atoms with Gasteiger partial charge in [0.05, 0.1) is 19.7 Å². The van der Waals surface area contributed by atoms with Crippen LogP contribution in [0.25, 0.3) is 11.4 Å². The van der Waals surface area contributed by atoms with E-state index in [4.69, 9.17) is 14.3 Å². The lowest BCUT2D eigenvalue weighted by molar-refractivity contribution is -0.158. The van der Waals surface area contributed by atoms with Gasteiger partial charge in [0.15, 0.2) is 5.82 Å². The van der Waals surface area contributed by atoms with Crippen LogP contribution in [0.5, 0.6) is 0 Å². The third-order valence-electron chi connectivity index (χ3n) is 6.59. The fourth-order valence-corrected chi connectivity index (χ4v) is 4.47. The Balaban J connectivity index is 1.81. The Labute approximate surface area is 257 Å². The van der Waals surface area contributed by atoms with Crippen LogP contribution in [0.15, 0.2) is 36.4 Å². The molecular formula is C31H43N5O8. The highest BCUT2D eigenvalue weighted by Crippen LogP contribution is 2.19. The van der Waals surface area contributed by atoms with E-state index in [-0.39, 0.29) is 69.8 Å². The van der Waals surface area contributed by atoms with E-state index in [2.05, 4.69) is 15.3 Å². The van der Waals surface area contributed by atoms with Crippen molar-refractivity contribution < 1.29 is 38.6 Å². The lowest BCUT2D eigenvalue weighted by Gasteiger charge is -2.35. The number of piperazine rings is 1. The van der Waals surface area contributed by atoms with Crippen molar-refractivity contribution in [2.24, 2.45) is 5.92 Å². The maximum atomic E-state index is 13.7. The number of ether oxygens (including phenoxy) is 2. The molecule has 1 unspecified atom stereocenters. The van der Waals surface area contributed by atoms with E-state index in [1.54, 1.807) is 38.7 Å². The first-order valence-corrected chi connectivity index (χ1v) is 14.8. The topological polar surface area (TPSA) is 160 Å². The second-order valence-electron chi connectivity index (χ2n) is 11.6. The van der Waals surface area contributed by atoms with Crippen molar-refractivity contribution >= 4 is 23.9 Å². The Morgan fingerprint density at radius 3 is 2.34 bits per heavy atom. The number of esters is 1. The van der Waals surface area contributed by atoms with Gasteiger partial charge in [0.2, 0.25) is 5.91 Å². The number of amides is 2. The van der Waals surface area contributed by atoms with Gasteiger partial charge in [-0.3, -0.25) is 14.4 Å². The number of carbonyl (C=O) groups is 4. The zero-order chi connectivity index (χ0) is 32.3. The van der Waals surface area contributed by atoms with Gasteiger partial charge in [-0.05, 0) is 52.5 Å². The van der Waals surface area contributed by atoms with Crippen molar-refractivity contribution in [1.29, 1.82) is 0 Å². The van der Waals surface area contributed by atoms with E-state index in [9.17, 15) is 24.3 Å². The fourth-order valence-electron chi connectivity index (χ4n) is 4.47. The SMILES string of the molecule is CCOC(=O)ON1CCN(C(=O)[C@H](CCC(=O)OC(C)(C)C)NC(=O)c2cc(CC(C)CO)nc(-c3ccccc3)n2)CC1. The third kappa shape index (κ3) is 10.9. The van der Waals surface area contributed by atoms with E-state index in [0.717, 1.165) is 0 Å². The first kappa shape index (κ1) is 34.4. The van der Waals surface area contributed by atoms with Crippen molar-refractivity contribution in [2.45, 2.75) is 65.5 Å². The summed E-state index contributed by atoms with van der Waals surface area (Å²) in [6.45, 7) is 9.87. The minimum Gasteiger partial charge on any atom is -0.460 e. The zero-order valence-electron chi connectivity index (χ0n) is 26.1. The number of hydrogen-bond donors (Lipinski definition) is 2. The highest BCUT2D eigenvalue weighted by atomic mass is 16.8. The van der Waals surface area contributed by atoms with Gasteiger partial charge in [-0.1, -0.05) is 37.3 Å². The second kappa shape index (κ2) is 16.1. The van der Waals surface area contributed by atoms with Crippen LogP contribution in [0.1, 0.15) is 63.6 Å². The molecule has 2 N–H and O–H groups in total. The summed E-state index contributed by atoms with van der Waals surface area (Å²) in [5.41, 5.74) is 0.633. The summed E-state index contributed by atoms with van der Waals surface area (Å²) >= 11 is 0. The molecule has 2 aromatic rings. The highest BCUT2D eigenvalue weighted by Gasteiger charge is 2.31. The number of carbonyl (C=O) groups excluding carboxylic acids is 4. The van der Waals surface area contributed by atoms with Crippen LogP contribution in [-0.4, -0.2) is 100 Å². The molecule has 0 spiro atoms. The number of aromatic nitrogens is 2. The molecule has 1 fully saturated rings. The Morgan fingerprint density at radius 1 is 1.05 bits per heavy atom. The number of benzene rings is 1. The number of rotatable bonds is 12. The molecule has 0 aliphatic carbocycles. The van der Waals surface area contributed by atoms with Gasteiger partial charge in [0, 0.05) is 37.4 Å². The molecule has 13 heteroatoms. The van der Waals surface area contributed by atoms with Crippen LogP contribution in [0, 0.1) is 5.92 Å². The van der Waals surface area contributed by atoms with Crippen molar-refractivity contribution in [3.63, 3.8) is 0 Å². The Morgan fingerprint density at radius 2 is 1.73 bits per heavy atom. The Hall–Kier alpha value is -4.10. The molecule has 1 saturated heterocycles. The molecule has 0 radical (unpaired) electrons. The second-order valence-corrected chi connectivity index (χ2v) is 11.6. The van der Waals surface area contributed by atoms with Crippen LogP contribution in [-0.2, 0) is 30.3 Å². The minimum atomic E-state index is -1.05. The predicted molar refractivity (Wildman–Crippen MR) is 160 cm³/mol. The van der Waals surface area contributed by atoms with Gasteiger partial charge in [0.25, 0.3) is 5.91 Å². The average molecular weight is 614 g/mol. The number of hydroxylamine groups is 2. The molecule has 1 aliphatic heterocycles. The molecule has 1 aromatic heterocycles. The standard InChI is InChI=1S/C31H43N5O8/c1-6-42-30(41)44-36-16-14-35(15-17-36)29(40)24(12-13-26(38)43-31(3,4)5)34-28(39)25-19-23(18-21(2)20-37)32-27(33-25)22-10-8-7-9-11-22/h7-11,19,21,24,37H,6,12-18,20H2,1-5H3,(H,34,39)/t21?,24-/m0/s1. The molecule has 44 heavy (non-hydrogen) atoms. The first-order chi connectivity index (χ1) is 20.9. The first-order valence-electron chi connectivity index (χ1n) is 14.8. The van der Waals surface area contributed by atoms with E-state index in [1.807, 2.05) is 37.3 Å². The number of aliphatic hydroxyl groups excluding tert-OH is 1. The number of nitrogens with one attached hydrogen (secondary N) is 1. The summed E-state index contributed by atoms with van der Waals surface area (Å²) in [6.07, 6.45) is -0.497. The fraction of sp³-hybridized carbons (Fsp3) is 0.548. The molecule has 1 aromatic carbocycles. The van der Waals surface area contributed by atoms with Crippen LogP contribution in [0.4, 0.5) is 4.79 Å². The average Bonchev–Trinajstić information content (AvgIpc) is 2.98. The van der Waals surface area contributed by atoms with E-state index >= 15 is 0 Å². The molecule has 3 rings (SSSR count). The molecule has 2 amide bonds. The van der Waals surface area contributed by atoms with Gasteiger partial charge in [-0.25, -0.2) is 14.8 Å². The van der Waals surface area contributed by atoms with Crippen molar-refractivity contribution in [2.75, 3.05) is 39.4 Å². The molecule has 0 bridgehead atoms. The van der Waals surface area contributed by atoms with Crippen LogP contribution in [0.2, 0.25) is 0 Å². The summed E-state index contributed by atoms with van der Waals surface area (Å²) in [7, 11) is 0. The summed E-state index contributed by atoms with van der Waals surface area (Å²) in [4.78, 5) is 67.3. The van der Waals surface area contributed by atoms with Crippen LogP contribution >= 0.6 is 0 Å². The van der Waals surface area contributed by atoms with Gasteiger partial charge in [0.1, 0.15) is 17.3 Å². The Kier molecular flexibility index (Phi) is 12.6. The van der Waals surface area contributed by atoms with Crippen LogP contribution < -0.4 is 5.32 Å². The van der Waals surface area contributed by atoms with Gasteiger partial charge >= 0.3 is 12.1 Å². The summed E-state index contributed by atoms with van der Waals surface area (Å²) < 4.78 is 10.2. The van der Waals surface area contributed by atoms with Gasteiger partial charge in [-0.2, -0.15) is 0 Å². The zero-order valence-corrected chi connectivity index (χ0v) is 26.1. The van der Waals surface area contributed by atoms with Crippen LogP contribution in [0.3, 0.4) is 0 Å². The van der Waals surface area contributed by atoms with Crippen molar-refractivity contribution in [3.8, 4) is 11.4 Å². The summed E-state index contributed by atoms with van der Waals surface area (Å²) in [5, 5.41) is 13.8. The van der Waals surface area contributed by atoms with Gasteiger partial charge < -0.3 is 29.6 Å². The molecular weight excluding hydrogens is 570 g/mol. The normalized spacial score (nSPS) is 15.2. The van der Waals surface area contributed by atoms with Crippen molar-refractivity contribution in [3.05, 3.63) is 47.8 Å². The van der Waals surface area contributed by atoms with Crippen molar-refractivity contribution in [1.82, 2.24) is 25.2 Å². The highest BCUT2D eigenvalue weighted by molar-refractivity contribution is 5.96. The molecule has 240 valence electrons. The maximum Gasteiger partial charge on any atom is 0.527 e. The Bertz CT molecular complexity index is 1280. The largest absolute Gasteiger partial charge is 0.527 e. The lowest BCUT2D eigenvalue weighted by atomic mass is 10.1. The molecule has 13 nitrogen and oxygen atoms in total. The third-order valence-corrected chi connectivity index (χ3v) is 6.59. The monoisotopic (exact) mass is 613 g/mol. The molecule has 2 heterocycles. The molecule has 2 atom stereocenters. The number of nitrogens with zero attached hydrogens (tertiary/aromatic N) is 4. The van der Waals surface area contributed by atoms with E-state index in [0.29, 0.717) is 23.5 Å². The summed E-state index contributed by atoms with van der Waals surface area (Å²) in [6, 6.07) is 9.69. The number of aliphatic hydroxyl groups is 1. The number of hydrogen-bond acceptors (Lipinski definition) is 11. The van der Waals surface area contributed by atoms with E-state index in [1.165, 1.54) is 5.06 Å².